The molecule has 2 N–H and O–H groups in total. The molecule has 2 aliphatic heterocycles. The first-order valence-corrected chi connectivity index (χ1v) is 16.8. The molecular formula is C36H53BN4O5. The molecule has 3 atom stereocenters. The van der Waals surface area contributed by atoms with Crippen LogP contribution in [0.2, 0.25) is 0 Å². The van der Waals surface area contributed by atoms with Gasteiger partial charge in [-0.05, 0) is 96.5 Å². The highest BCUT2D eigenvalue weighted by molar-refractivity contribution is 6.62. The Kier molecular flexibility index (Phi) is 9.80. The number of nitrogens with zero attached hydrogens (tertiary/aromatic N) is 2. The molecule has 2 fully saturated rings. The van der Waals surface area contributed by atoms with Gasteiger partial charge in [0.05, 0.1) is 35.3 Å². The van der Waals surface area contributed by atoms with Crippen LogP contribution < -0.4 is 16.3 Å². The van der Waals surface area contributed by atoms with Crippen molar-refractivity contribution in [1.82, 2.24) is 20.4 Å². The van der Waals surface area contributed by atoms with Gasteiger partial charge in [-0.15, -0.1) is 0 Å². The van der Waals surface area contributed by atoms with Gasteiger partial charge in [0, 0.05) is 47.8 Å². The second-order valence-electron chi connectivity index (χ2n) is 15.0. The minimum atomic E-state index is -0.478. The normalized spacial score (nSPS) is 21.9. The number of rotatable bonds is 10. The van der Waals surface area contributed by atoms with Crippen molar-refractivity contribution in [2.75, 3.05) is 20.3 Å². The van der Waals surface area contributed by atoms with E-state index in [1.165, 1.54) is 5.56 Å². The number of carbonyl (C=O) groups excluding carboxylic acids is 1. The average molecular weight is 633 g/mol. The highest BCUT2D eigenvalue weighted by Crippen LogP contribution is 2.41. The van der Waals surface area contributed by atoms with Crippen LogP contribution in [0.15, 0.2) is 30.3 Å². The fourth-order valence-corrected chi connectivity index (χ4v) is 6.55. The Balaban J connectivity index is 1.61. The number of carbonyl (C=O) groups is 1. The van der Waals surface area contributed by atoms with Crippen molar-refractivity contribution in [3.8, 4) is 11.3 Å². The van der Waals surface area contributed by atoms with Gasteiger partial charge in [-0.1, -0.05) is 32.9 Å². The minimum Gasteiger partial charge on any atom is -0.464 e. The Bertz CT molecular complexity index is 1570. The molecule has 2 aromatic heterocycles. The molecule has 250 valence electrons. The smallest absolute Gasteiger partial charge is 0.464 e. The SMILES string of the molecule is CCn1c(-c2ccc(C)nc2[C@H](C)OC)c(CC(C)(C)COC(=O)[C@H]2NNCC[C@@H]2C)c2cc(B3OC(C)(C)C(C)(C)O3)ccc21. The van der Waals surface area contributed by atoms with Crippen LogP contribution in [0.3, 0.4) is 0 Å². The van der Waals surface area contributed by atoms with Gasteiger partial charge in [0.2, 0.25) is 0 Å². The maximum atomic E-state index is 13.2. The first-order valence-electron chi connectivity index (χ1n) is 16.8. The maximum absolute atomic E-state index is 13.2. The molecule has 0 bridgehead atoms. The van der Waals surface area contributed by atoms with Crippen LogP contribution >= 0.6 is 0 Å². The Labute approximate surface area is 275 Å². The lowest BCUT2D eigenvalue weighted by Gasteiger charge is -2.32. The number of ether oxygens (including phenoxy) is 2. The van der Waals surface area contributed by atoms with Crippen LogP contribution in [-0.2, 0) is 36.5 Å². The molecule has 10 heteroatoms. The van der Waals surface area contributed by atoms with Gasteiger partial charge in [0.1, 0.15) is 6.04 Å². The molecule has 2 saturated heterocycles. The molecule has 0 amide bonds. The van der Waals surface area contributed by atoms with E-state index in [4.69, 9.17) is 23.8 Å². The maximum Gasteiger partial charge on any atom is 0.494 e. The highest BCUT2D eigenvalue weighted by atomic mass is 16.7. The number of hydrogen-bond acceptors (Lipinski definition) is 8. The van der Waals surface area contributed by atoms with Gasteiger partial charge in [-0.25, -0.2) is 5.43 Å². The standard InChI is InChI=1S/C36H53BN4O5/c1-12-41-29-16-14-25(37-45-35(7,8)36(9,10)46-37)19-27(29)28(32(41)26-15-13-23(3)39-31(26)24(4)43-11)20-34(5,6)21-44-33(42)30-22(2)17-18-38-40-30/h13-16,19,22,24,30,38,40H,12,17-18,20-21H2,1-11H3/t22-,24-,30-/m0/s1. The van der Waals surface area contributed by atoms with Gasteiger partial charge in [-0.2, -0.15) is 0 Å². The molecule has 0 saturated carbocycles. The number of pyridine rings is 1. The topological polar surface area (TPSA) is 95.9 Å². The second-order valence-corrected chi connectivity index (χ2v) is 15.0. The van der Waals surface area contributed by atoms with E-state index in [-0.39, 0.29) is 29.4 Å². The number of methoxy groups -OCH3 is 1. The Morgan fingerprint density at radius 1 is 1.17 bits per heavy atom. The largest absolute Gasteiger partial charge is 0.494 e. The zero-order valence-corrected chi connectivity index (χ0v) is 29.7. The van der Waals surface area contributed by atoms with Gasteiger partial charge < -0.3 is 23.3 Å². The summed E-state index contributed by atoms with van der Waals surface area (Å²) in [6, 6.07) is 10.4. The first kappa shape index (κ1) is 34.6. The van der Waals surface area contributed by atoms with Crippen LogP contribution in [0.5, 0.6) is 0 Å². The number of benzene rings is 1. The number of fused-ring (bicyclic) bond motifs is 1. The second kappa shape index (κ2) is 13.0. The van der Waals surface area contributed by atoms with E-state index in [2.05, 4.69) is 101 Å². The fourth-order valence-electron chi connectivity index (χ4n) is 6.55. The van der Waals surface area contributed by atoms with Crippen molar-refractivity contribution in [2.24, 2.45) is 11.3 Å². The number of aryl methyl sites for hydroxylation is 2. The quantitative estimate of drug-likeness (QED) is 0.219. The van der Waals surface area contributed by atoms with Crippen LogP contribution in [0.1, 0.15) is 91.8 Å². The third-order valence-electron chi connectivity index (χ3n) is 10.2. The molecule has 5 rings (SSSR count). The van der Waals surface area contributed by atoms with Gasteiger partial charge in [0.25, 0.3) is 0 Å². The molecule has 0 spiro atoms. The summed E-state index contributed by atoms with van der Waals surface area (Å²) in [7, 11) is 1.24. The zero-order valence-electron chi connectivity index (χ0n) is 29.7. The van der Waals surface area contributed by atoms with E-state index in [1.54, 1.807) is 7.11 Å². The minimum absolute atomic E-state index is 0.195. The monoisotopic (exact) mass is 632 g/mol. The molecule has 4 heterocycles. The number of aromatic nitrogens is 2. The van der Waals surface area contributed by atoms with Crippen molar-refractivity contribution in [3.63, 3.8) is 0 Å². The fraction of sp³-hybridized carbons (Fsp3) is 0.611. The van der Waals surface area contributed by atoms with Crippen LogP contribution in [-0.4, -0.2) is 60.1 Å². The molecule has 46 heavy (non-hydrogen) atoms. The summed E-state index contributed by atoms with van der Waals surface area (Å²) < 4.78 is 27.1. The summed E-state index contributed by atoms with van der Waals surface area (Å²) in [5.74, 6) is -0.0133. The predicted octanol–water partition coefficient (Wildman–Crippen LogP) is 5.65. The number of esters is 1. The Morgan fingerprint density at radius 3 is 2.50 bits per heavy atom. The van der Waals surface area contributed by atoms with E-state index in [0.29, 0.717) is 13.0 Å². The molecular weight excluding hydrogens is 579 g/mol. The van der Waals surface area contributed by atoms with E-state index >= 15 is 0 Å². The summed E-state index contributed by atoms with van der Waals surface area (Å²) in [6.45, 7) is 22.9. The summed E-state index contributed by atoms with van der Waals surface area (Å²) >= 11 is 0. The summed E-state index contributed by atoms with van der Waals surface area (Å²) in [4.78, 5) is 18.1. The molecule has 9 nitrogen and oxygen atoms in total. The van der Waals surface area contributed by atoms with E-state index < -0.39 is 18.3 Å². The lowest BCUT2D eigenvalue weighted by molar-refractivity contribution is -0.151. The number of hydrogen-bond donors (Lipinski definition) is 2. The summed E-state index contributed by atoms with van der Waals surface area (Å²) in [6.07, 6.45) is 1.40. The third-order valence-corrected chi connectivity index (χ3v) is 10.2. The van der Waals surface area contributed by atoms with Crippen molar-refractivity contribution in [1.29, 1.82) is 0 Å². The molecule has 0 unspecified atom stereocenters. The average Bonchev–Trinajstić information content (AvgIpc) is 3.42. The van der Waals surface area contributed by atoms with Gasteiger partial charge in [0.15, 0.2) is 0 Å². The van der Waals surface area contributed by atoms with E-state index in [9.17, 15) is 4.79 Å². The third kappa shape index (κ3) is 6.65. The number of nitrogens with one attached hydrogen (secondary N) is 2. The highest BCUT2D eigenvalue weighted by Gasteiger charge is 2.51. The Morgan fingerprint density at radius 2 is 1.87 bits per heavy atom. The van der Waals surface area contributed by atoms with Crippen molar-refractivity contribution < 1.29 is 23.6 Å². The van der Waals surface area contributed by atoms with Crippen LogP contribution in [0, 0.1) is 18.3 Å². The predicted molar refractivity (Wildman–Crippen MR) is 184 cm³/mol. The molecule has 3 aromatic rings. The molecule has 0 aliphatic carbocycles. The van der Waals surface area contributed by atoms with Gasteiger partial charge >= 0.3 is 13.1 Å². The van der Waals surface area contributed by atoms with Crippen molar-refractivity contribution in [3.05, 3.63) is 47.3 Å². The van der Waals surface area contributed by atoms with Gasteiger partial charge in [-0.3, -0.25) is 15.2 Å². The lowest BCUT2D eigenvalue weighted by Crippen LogP contribution is -2.54. The van der Waals surface area contributed by atoms with Crippen LogP contribution in [0.4, 0.5) is 0 Å². The summed E-state index contributed by atoms with van der Waals surface area (Å²) in [5, 5.41) is 1.13. The summed E-state index contributed by atoms with van der Waals surface area (Å²) in [5.41, 5.74) is 12.3. The number of hydrazine groups is 1. The van der Waals surface area contributed by atoms with Crippen molar-refractivity contribution >= 4 is 29.5 Å². The van der Waals surface area contributed by atoms with E-state index in [0.717, 1.165) is 58.5 Å². The van der Waals surface area contributed by atoms with Crippen molar-refractivity contribution in [2.45, 2.75) is 112 Å². The zero-order chi connectivity index (χ0) is 33.6. The van der Waals surface area contributed by atoms with E-state index in [1.807, 2.05) is 13.8 Å². The molecule has 0 radical (unpaired) electrons. The lowest BCUT2D eigenvalue weighted by atomic mass is 9.77. The van der Waals surface area contributed by atoms with Crippen LogP contribution in [0.25, 0.3) is 22.2 Å². The molecule has 1 aromatic carbocycles. The molecule has 2 aliphatic rings. The Hall–Kier alpha value is -2.76. The first-order chi connectivity index (χ1) is 21.6.